The van der Waals surface area contributed by atoms with E-state index >= 15 is 0 Å². The van der Waals surface area contributed by atoms with Crippen LogP contribution in [0.3, 0.4) is 0 Å². The fourth-order valence-electron chi connectivity index (χ4n) is 1.90. The first kappa shape index (κ1) is 17.7. The molecule has 0 atom stereocenters. The van der Waals surface area contributed by atoms with Gasteiger partial charge in [0, 0.05) is 0 Å². The molecule has 0 bridgehead atoms. The lowest BCUT2D eigenvalue weighted by Crippen LogP contribution is -2.21. The summed E-state index contributed by atoms with van der Waals surface area (Å²) in [5.74, 6) is 0.549. The molecule has 4 N–H and O–H groups in total. The van der Waals surface area contributed by atoms with Gasteiger partial charge in [0.25, 0.3) is 0 Å². The van der Waals surface area contributed by atoms with Gasteiger partial charge < -0.3 is 20.9 Å². The summed E-state index contributed by atoms with van der Waals surface area (Å²) in [6.45, 7) is 0.203. The maximum absolute atomic E-state index is 13.2. The number of benzene rings is 2. The number of ether oxygens (including phenoxy) is 2. The van der Waals surface area contributed by atoms with Crippen LogP contribution in [0.15, 0.2) is 51.1 Å². The molecule has 126 valence electrons. The highest BCUT2D eigenvalue weighted by Crippen LogP contribution is 2.36. The van der Waals surface area contributed by atoms with Gasteiger partial charge in [0.1, 0.15) is 12.4 Å². The first-order valence-electron chi connectivity index (χ1n) is 6.86. The lowest BCUT2D eigenvalue weighted by molar-refractivity contribution is 0.282. The SMILES string of the molecule is COc1cc(C=NN=C(N)N)cc(Br)c1OCc1cccc(F)c1. The molecule has 0 aromatic heterocycles. The van der Waals surface area contributed by atoms with Crippen LogP contribution in [0.1, 0.15) is 11.1 Å². The molecule has 0 spiro atoms. The van der Waals surface area contributed by atoms with Crippen molar-refractivity contribution < 1.29 is 13.9 Å². The molecule has 24 heavy (non-hydrogen) atoms. The van der Waals surface area contributed by atoms with Crippen molar-refractivity contribution in [2.75, 3.05) is 7.11 Å². The maximum atomic E-state index is 13.2. The normalized spacial score (nSPS) is 10.6. The highest BCUT2D eigenvalue weighted by atomic mass is 79.9. The highest BCUT2D eigenvalue weighted by Gasteiger charge is 2.11. The summed E-state index contributed by atoms with van der Waals surface area (Å²) in [6.07, 6.45) is 1.48. The number of nitrogens with zero attached hydrogens (tertiary/aromatic N) is 2. The number of halogens is 2. The summed E-state index contributed by atoms with van der Waals surface area (Å²) in [5, 5.41) is 7.28. The summed E-state index contributed by atoms with van der Waals surface area (Å²) in [4.78, 5) is 0. The van der Waals surface area contributed by atoms with Gasteiger partial charge >= 0.3 is 0 Å². The largest absolute Gasteiger partial charge is 0.493 e. The number of hydrogen-bond donors (Lipinski definition) is 2. The van der Waals surface area contributed by atoms with Crippen LogP contribution in [-0.4, -0.2) is 19.3 Å². The Hall–Kier alpha value is -2.61. The van der Waals surface area contributed by atoms with Gasteiger partial charge in [-0.15, -0.1) is 5.10 Å². The average molecular weight is 395 g/mol. The Labute approximate surface area is 147 Å². The standard InChI is InChI=1S/C16H16BrFN4O2/c1-23-14-7-11(8-21-22-16(19)20)6-13(17)15(14)24-9-10-3-2-4-12(18)5-10/h2-8H,9H2,1H3,(H4,19,20,22). The lowest BCUT2D eigenvalue weighted by Gasteiger charge is -2.13. The van der Waals surface area contributed by atoms with Gasteiger partial charge in [0.15, 0.2) is 11.5 Å². The van der Waals surface area contributed by atoms with Crippen molar-refractivity contribution in [2.45, 2.75) is 6.61 Å². The number of methoxy groups -OCH3 is 1. The van der Waals surface area contributed by atoms with Crippen LogP contribution < -0.4 is 20.9 Å². The molecule has 0 aliphatic rings. The van der Waals surface area contributed by atoms with Gasteiger partial charge in [-0.2, -0.15) is 5.10 Å². The van der Waals surface area contributed by atoms with Gasteiger partial charge in [-0.25, -0.2) is 4.39 Å². The Morgan fingerprint density at radius 2 is 2.08 bits per heavy atom. The third-order valence-electron chi connectivity index (χ3n) is 2.90. The van der Waals surface area contributed by atoms with Crippen LogP contribution in [0, 0.1) is 5.82 Å². The van der Waals surface area contributed by atoms with Gasteiger partial charge in [0.2, 0.25) is 5.96 Å². The van der Waals surface area contributed by atoms with Crippen molar-refractivity contribution in [1.82, 2.24) is 0 Å². The molecule has 2 aromatic carbocycles. The van der Waals surface area contributed by atoms with E-state index < -0.39 is 0 Å². The van der Waals surface area contributed by atoms with E-state index in [1.54, 1.807) is 24.3 Å². The summed E-state index contributed by atoms with van der Waals surface area (Å²) in [7, 11) is 1.52. The Morgan fingerprint density at radius 3 is 2.75 bits per heavy atom. The van der Waals surface area contributed by atoms with Crippen molar-refractivity contribution in [3.63, 3.8) is 0 Å². The van der Waals surface area contributed by atoms with Crippen LogP contribution in [0.2, 0.25) is 0 Å². The highest BCUT2D eigenvalue weighted by molar-refractivity contribution is 9.10. The Balaban J connectivity index is 2.20. The zero-order valence-electron chi connectivity index (χ0n) is 12.9. The fourth-order valence-corrected chi connectivity index (χ4v) is 2.47. The van der Waals surface area contributed by atoms with Crippen molar-refractivity contribution in [2.24, 2.45) is 21.7 Å². The predicted octanol–water partition coefficient (Wildman–Crippen LogP) is 2.78. The summed E-state index contributed by atoms with van der Waals surface area (Å²) in [5.41, 5.74) is 11.8. The zero-order valence-corrected chi connectivity index (χ0v) is 14.5. The monoisotopic (exact) mass is 394 g/mol. The summed E-state index contributed by atoms with van der Waals surface area (Å²) < 4.78 is 24.9. The molecule has 0 radical (unpaired) electrons. The van der Waals surface area contributed by atoms with E-state index in [4.69, 9.17) is 20.9 Å². The molecule has 0 saturated carbocycles. The molecule has 0 aliphatic carbocycles. The van der Waals surface area contributed by atoms with Crippen molar-refractivity contribution in [3.8, 4) is 11.5 Å². The molecule has 0 amide bonds. The molecule has 0 heterocycles. The van der Waals surface area contributed by atoms with E-state index in [-0.39, 0.29) is 18.4 Å². The average Bonchev–Trinajstić information content (AvgIpc) is 2.53. The van der Waals surface area contributed by atoms with Crippen molar-refractivity contribution >= 4 is 28.1 Å². The Morgan fingerprint density at radius 1 is 1.29 bits per heavy atom. The lowest BCUT2D eigenvalue weighted by atomic mass is 10.2. The minimum atomic E-state index is -0.312. The Kier molecular flexibility index (Phi) is 6.14. The summed E-state index contributed by atoms with van der Waals surface area (Å²) in [6, 6.07) is 9.69. The molecule has 0 unspecified atom stereocenters. The fraction of sp³-hybridized carbons (Fsp3) is 0.125. The van der Waals surface area contributed by atoms with Crippen LogP contribution in [-0.2, 0) is 6.61 Å². The predicted molar refractivity (Wildman–Crippen MR) is 94.8 cm³/mol. The third-order valence-corrected chi connectivity index (χ3v) is 3.49. The molecule has 0 aliphatic heterocycles. The van der Waals surface area contributed by atoms with Gasteiger partial charge in [-0.3, -0.25) is 0 Å². The quantitative estimate of drug-likeness (QED) is 0.447. The molecule has 2 rings (SSSR count). The third kappa shape index (κ3) is 4.95. The number of guanidine groups is 1. The van der Waals surface area contributed by atoms with Crippen LogP contribution in [0.25, 0.3) is 0 Å². The van der Waals surface area contributed by atoms with Crippen LogP contribution >= 0.6 is 15.9 Å². The maximum Gasteiger partial charge on any atom is 0.211 e. The number of nitrogens with two attached hydrogens (primary N) is 2. The molecule has 8 heteroatoms. The van der Waals surface area contributed by atoms with Gasteiger partial charge in [-0.1, -0.05) is 12.1 Å². The molecule has 6 nitrogen and oxygen atoms in total. The number of rotatable bonds is 6. The van der Waals surface area contributed by atoms with E-state index in [1.807, 2.05) is 0 Å². The second-order valence-electron chi connectivity index (χ2n) is 4.72. The van der Waals surface area contributed by atoms with E-state index in [9.17, 15) is 4.39 Å². The molecular weight excluding hydrogens is 379 g/mol. The van der Waals surface area contributed by atoms with Crippen LogP contribution in [0.5, 0.6) is 11.5 Å². The van der Waals surface area contributed by atoms with Crippen LogP contribution in [0.4, 0.5) is 4.39 Å². The topological polar surface area (TPSA) is 95.2 Å². The number of hydrogen-bond acceptors (Lipinski definition) is 4. The molecular formula is C16H16BrFN4O2. The second-order valence-corrected chi connectivity index (χ2v) is 5.58. The van der Waals surface area contributed by atoms with E-state index in [0.717, 1.165) is 0 Å². The van der Waals surface area contributed by atoms with E-state index in [2.05, 4.69) is 26.1 Å². The van der Waals surface area contributed by atoms with Crippen molar-refractivity contribution in [3.05, 3.63) is 57.8 Å². The molecule has 0 fully saturated rings. The molecule has 2 aromatic rings. The Bertz CT molecular complexity index is 777. The van der Waals surface area contributed by atoms with E-state index in [1.165, 1.54) is 25.5 Å². The first-order valence-corrected chi connectivity index (χ1v) is 7.65. The minimum absolute atomic E-state index is 0.132. The first-order chi connectivity index (χ1) is 11.5. The minimum Gasteiger partial charge on any atom is -0.493 e. The van der Waals surface area contributed by atoms with Gasteiger partial charge in [-0.05, 0) is 51.3 Å². The van der Waals surface area contributed by atoms with E-state index in [0.29, 0.717) is 27.1 Å². The smallest absolute Gasteiger partial charge is 0.211 e. The molecule has 0 saturated heterocycles. The summed E-state index contributed by atoms with van der Waals surface area (Å²) >= 11 is 3.42. The van der Waals surface area contributed by atoms with Crippen molar-refractivity contribution in [1.29, 1.82) is 0 Å². The second kappa shape index (κ2) is 8.30. The van der Waals surface area contributed by atoms with Gasteiger partial charge in [0.05, 0.1) is 17.8 Å². The zero-order chi connectivity index (χ0) is 17.5.